The summed E-state index contributed by atoms with van der Waals surface area (Å²) in [6.07, 6.45) is 1.27. The van der Waals surface area contributed by atoms with E-state index < -0.39 is 17.9 Å². The molecule has 3 amide bonds. The van der Waals surface area contributed by atoms with Crippen LogP contribution in [0.4, 0.5) is 0 Å². The number of carboxylic acid groups (broad SMARTS) is 1. The van der Waals surface area contributed by atoms with Gasteiger partial charge in [-0.1, -0.05) is 18.2 Å². The molecule has 0 saturated carbocycles. The highest BCUT2D eigenvalue weighted by atomic mass is 16.4. The minimum atomic E-state index is -1.11. The molecule has 0 bridgehead atoms. The van der Waals surface area contributed by atoms with E-state index in [9.17, 15) is 24.3 Å². The zero-order chi connectivity index (χ0) is 20.7. The molecule has 0 aromatic heterocycles. The molecule has 152 valence electrons. The Bertz CT molecular complexity index is 722. The van der Waals surface area contributed by atoms with Gasteiger partial charge < -0.3 is 20.2 Å². The Labute approximate surface area is 164 Å². The molecule has 2 atom stereocenters. The maximum absolute atomic E-state index is 13.0. The molecule has 8 nitrogen and oxygen atoms in total. The third kappa shape index (κ3) is 5.55. The number of carboxylic acids is 1. The smallest absolute Gasteiger partial charge is 0.326 e. The predicted octanol–water partition coefficient (Wildman–Crippen LogP) is 0.977. The van der Waals surface area contributed by atoms with E-state index in [4.69, 9.17) is 0 Å². The SMILES string of the molecule is CC(=O)NCCN(C(=O)C1CCCN(C(=O)c2ccccc2)C1)C(C)C(=O)O. The highest BCUT2D eigenvalue weighted by molar-refractivity contribution is 5.94. The first kappa shape index (κ1) is 21.4. The summed E-state index contributed by atoms with van der Waals surface area (Å²) in [5, 5.41) is 11.9. The number of hydrogen-bond acceptors (Lipinski definition) is 4. The Morgan fingerprint density at radius 3 is 2.54 bits per heavy atom. The predicted molar refractivity (Wildman–Crippen MR) is 103 cm³/mol. The van der Waals surface area contributed by atoms with Crippen molar-refractivity contribution in [2.45, 2.75) is 32.7 Å². The first-order valence-corrected chi connectivity index (χ1v) is 9.43. The number of piperidine rings is 1. The van der Waals surface area contributed by atoms with Crippen molar-refractivity contribution >= 4 is 23.7 Å². The van der Waals surface area contributed by atoms with Crippen LogP contribution in [-0.2, 0) is 14.4 Å². The number of rotatable bonds is 7. The molecule has 2 unspecified atom stereocenters. The number of hydrogen-bond donors (Lipinski definition) is 2. The number of nitrogens with zero attached hydrogens (tertiary/aromatic N) is 2. The molecule has 1 fully saturated rings. The minimum Gasteiger partial charge on any atom is -0.480 e. The van der Waals surface area contributed by atoms with E-state index in [2.05, 4.69) is 5.32 Å². The first-order valence-electron chi connectivity index (χ1n) is 9.43. The lowest BCUT2D eigenvalue weighted by atomic mass is 9.95. The van der Waals surface area contributed by atoms with Crippen molar-refractivity contribution in [2.75, 3.05) is 26.2 Å². The van der Waals surface area contributed by atoms with Gasteiger partial charge in [-0.05, 0) is 31.9 Å². The van der Waals surface area contributed by atoms with E-state index in [1.165, 1.54) is 18.7 Å². The third-order valence-corrected chi connectivity index (χ3v) is 4.91. The topological polar surface area (TPSA) is 107 Å². The second kappa shape index (κ2) is 9.87. The van der Waals surface area contributed by atoms with Gasteiger partial charge in [0.05, 0.1) is 5.92 Å². The van der Waals surface area contributed by atoms with Gasteiger partial charge in [0.1, 0.15) is 6.04 Å². The van der Waals surface area contributed by atoms with E-state index in [1.54, 1.807) is 29.2 Å². The lowest BCUT2D eigenvalue weighted by Crippen LogP contribution is -2.52. The number of carbonyl (C=O) groups excluding carboxylic acids is 3. The van der Waals surface area contributed by atoms with Crippen molar-refractivity contribution in [3.05, 3.63) is 35.9 Å². The Morgan fingerprint density at radius 1 is 1.25 bits per heavy atom. The standard InChI is InChI=1S/C20H27N3O5/c1-14(20(27)28)23(12-10-21-15(2)24)19(26)17-9-6-11-22(13-17)18(25)16-7-4-3-5-8-16/h3-5,7-8,14,17H,6,9-13H2,1-2H3,(H,21,24)(H,27,28). The van der Waals surface area contributed by atoms with Crippen molar-refractivity contribution in [1.29, 1.82) is 0 Å². The van der Waals surface area contributed by atoms with Gasteiger partial charge in [0.2, 0.25) is 11.8 Å². The van der Waals surface area contributed by atoms with E-state index in [0.717, 1.165) is 0 Å². The molecule has 28 heavy (non-hydrogen) atoms. The lowest BCUT2D eigenvalue weighted by Gasteiger charge is -2.36. The second-order valence-electron chi connectivity index (χ2n) is 6.99. The zero-order valence-electron chi connectivity index (χ0n) is 16.3. The second-order valence-corrected chi connectivity index (χ2v) is 6.99. The largest absolute Gasteiger partial charge is 0.480 e. The maximum Gasteiger partial charge on any atom is 0.326 e. The molecule has 2 rings (SSSR count). The van der Waals surface area contributed by atoms with Crippen LogP contribution in [0, 0.1) is 5.92 Å². The number of nitrogens with one attached hydrogen (secondary N) is 1. The summed E-state index contributed by atoms with van der Waals surface area (Å²) in [7, 11) is 0. The van der Waals surface area contributed by atoms with Crippen LogP contribution >= 0.6 is 0 Å². The third-order valence-electron chi connectivity index (χ3n) is 4.91. The molecule has 1 heterocycles. The number of aliphatic carboxylic acids is 1. The van der Waals surface area contributed by atoms with Gasteiger partial charge in [0.25, 0.3) is 5.91 Å². The van der Waals surface area contributed by atoms with Crippen molar-refractivity contribution in [3.63, 3.8) is 0 Å². The van der Waals surface area contributed by atoms with Gasteiger partial charge in [-0.3, -0.25) is 14.4 Å². The number of likely N-dealkylation sites (tertiary alicyclic amines) is 1. The van der Waals surface area contributed by atoms with Crippen LogP contribution in [0.2, 0.25) is 0 Å². The molecule has 0 radical (unpaired) electrons. The summed E-state index contributed by atoms with van der Waals surface area (Å²) in [6, 6.07) is 7.87. The fourth-order valence-corrected chi connectivity index (χ4v) is 3.34. The molecule has 0 spiro atoms. The van der Waals surface area contributed by atoms with E-state index in [1.807, 2.05) is 6.07 Å². The van der Waals surface area contributed by atoms with Crippen molar-refractivity contribution in [1.82, 2.24) is 15.1 Å². The highest BCUT2D eigenvalue weighted by Gasteiger charge is 2.34. The van der Waals surface area contributed by atoms with E-state index in [0.29, 0.717) is 24.9 Å². The highest BCUT2D eigenvalue weighted by Crippen LogP contribution is 2.21. The summed E-state index contributed by atoms with van der Waals surface area (Å²) in [4.78, 5) is 51.2. The van der Waals surface area contributed by atoms with Crippen LogP contribution in [0.25, 0.3) is 0 Å². The first-order chi connectivity index (χ1) is 13.3. The quantitative estimate of drug-likeness (QED) is 0.723. The van der Waals surface area contributed by atoms with Gasteiger partial charge in [-0.2, -0.15) is 0 Å². The molecule has 8 heteroatoms. The Balaban J connectivity index is 2.08. The minimum absolute atomic E-state index is 0.106. The van der Waals surface area contributed by atoms with E-state index in [-0.39, 0.29) is 37.4 Å². The molecule has 2 N–H and O–H groups in total. The van der Waals surface area contributed by atoms with Crippen LogP contribution in [-0.4, -0.2) is 70.8 Å². The number of amides is 3. The molecule has 1 aromatic rings. The van der Waals surface area contributed by atoms with Gasteiger partial charge >= 0.3 is 5.97 Å². The zero-order valence-corrected chi connectivity index (χ0v) is 16.3. The van der Waals surface area contributed by atoms with Gasteiger partial charge in [-0.25, -0.2) is 4.79 Å². The van der Waals surface area contributed by atoms with Gasteiger partial charge in [0, 0.05) is 38.7 Å². The van der Waals surface area contributed by atoms with Crippen LogP contribution in [0.5, 0.6) is 0 Å². The molecule has 1 aromatic carbocycles. The van der Waals surface area contributed by atoms with Crippen molar-refractivity contribution in [2.24, 2.45) is 5.92 Å². The summed E-state index contributed by atoms with van der Waals surface area (Å²) in [5.74, 6) is -2.24. The Morgan fingerprint density at radius 2 is 1.93 bits per heavy atom. The number of benzene rings is 1. The Hall–Kier alpha value is -2.90. The molecule has 0 aliphatic carbocycles. The van der Waals surface area contributed by atoms with Gasteiger partial charge in [0.15, 0.2) is 0 Å². The summed E-state index contributed by atoms with van der Waals surface area (Å²) >= 11 is 0. The summed E-state index contributed by atoms with van der Waals surface area (Å²) < 4.78 is 0. The van der Waals surface area contributed by atoms with Crippen LogP contribution < -0.4 is 5.32 Å². The molecule has 1 aliphatic heterocycles. The lowest BCUT2D eigenvalue weighted by molar-refractivity contribution is -0.152. The van der Waals surface area contributed by atoms with Crippen LogP contribution in [0.3, 0.4) is 0 Å². The monoisotopic (exact) mass is 389 g/mol. The van der Waals surface area contributed by atoms with Gasteiger partial charge in [-0.15, -0.1) is 0 Å². The molecular formula is C20H27N3O5. The average molecular weight is 389 g/mol. The fraction of sp³-hybridized carbons (Fsp3) is 0.500. The molecule has 1 aliphatic rings. The van der Waals surface area contributed by atoms with Crippen molar-refractivity contribution in [3.8, 4) is 0 Å². The summed E-state index contributed by atoms with van der Waals surface area (Å²) in [6.45, 7) is 3.92. The maximum atomic E-state index is 13.0. The molecular weight excluding hydrogens is 362 g/mol. The van der Waals surface area contributed by atoms with E-state index >= 15 is 0 Å². The van der Waals surface area contributed by atoms with Crippen LogP contribution in [0.1, 0.15) is 37.0 Å². The normalized spacial score (nSPS) is 17.5. The Kier molecular flexibility index (Phi) is 7.54. The molecule has 1 saturated heterocycles. The number of carbonyl (C=O) groups is 4. The van der Waals surface area contributed by atoms with Crippen LogP contribution in [0.15, 0.2) is 30.3 Å². The fourth-order valence-electron chi connectivity index (χ4n) is 3.34. The average Bonchev–Trinajstić information content (AvgIpc) is 2.70. The van der Waals surface area contributed by atoms with Crippen molar-refractivity contribution < 1.29 is 24.3 Å². The summed E-state index contributed by atoms with van der Waals surface area (Å²) in [5.41, 5.74) is 0.567.